The molecule has 0 bridgehead atoms. The summed E-state index contributed by atoms with van der Waals surface area (Å²) < 4.78 is 17.4. The molecule has 0 saturated carbocycles. The van der Waals surface area contributed by atoms with Crippen LogP contribution in [0.1, 0.15) is 11.7 Å². The van der Waals surface area contributed by atoms with E-state index in [1.54, 1.807) is 32.2 Å². The summed E-state index contributed by atoms with van der Waals surface area (Å²) in [7, 11) is 6.64. The van der Waals surface area contributed by atoms with E-state index < -0.39 is 6.29 Å². The molecule has 0 amide bonds. The van der Waals surface area contributed by atoms with Crippen LogP contribution in [-0.4, -0.2) is 51.1 Å². The highest BCUT2D eigenvalue weighted by Crippen LogP contribution is 2.26. The van der Waals surface area contributed by atoms with E-state index in [0.29, 0.717) is 18.2 Å². The van der Waals surface area contributed by atoms with Crippen LogP contribution in [0.25, 0.3) is 0 Å². The van der Waals surface area contributed by atoms with Crippen LogP contribution in [0.4, 0.5) is 0 Å². The Morgan fingerprint density at radius 2 is 2.06 bits per heavy atom. The molecule has 0 aliphatic heterocycles. The van der Waals surface area contributed by atoms with Gasteiger partial charge >= 0.3 is 0 Å². The molecule has 1 aromatic heterocycles. The number of methoxy groups -OCH3 is 3. The normalized spacial score (nSPS) is 13.2. The third kappa shape index (κ3) is 3.43. The van der Waals surface area contributed by atoms with E-state index >= 15 is 0 Å². The number of ether oxygens (including phenoxy) is 3. The van der Waals surface area contributed by atoms with Crippen molar-refractivity contribution in [1.82, 2.24) is 15.1 Å². The van der Waals surface area contributed by atoms with E-state index in [9.17, 15) is 0 Å². The van der Waals surface area contributed by atoms with Gasteiger partial charge in [0, 0.05) is 21.3 Å². The van der Waals surface area contributed by atoms with Crippen molar-refractivity contribution in [2.45, 2.75) is 18.9 Å². The fourth-order valence-corrected chi connectivity index (χ4v) is 2.07. The van der Waals surface area contributed by atoms with Gasteiger partial charge in [-0.1, -0.05) is 11.6 Å². The second kappa shape index (κ2) is 7.70. The lowest BCUT2D eigenvalue weighted by atomic mass is 10.2. The summed E-state index contributed by atoms with van der Waals surface area (Å²) in [5.41, 5.74) is 0.824. The minimum absolute atomic E-state index is 0.202. The second-order valence-corrected chi connectivity index (χ2v) is 4.11. The summed E-state index contributed by atoms with van der Waals surface area (Å²) in [5.74, 6) is 0. The molecule has 0 spiro atoms. The third-order valence-corrected chi connectivity index (χ3v) is 2.97. The standard InChI is InChI=1S/C11H20ClN3O3/c1-13-9(11(17-3)18-4)10-8(12)7-14-15(10)5-6-16-2/h7,9,11,13H,5-6H2,1-4H3. The Hall–Kier alpha value is -0.660. The first kappa shape index (κ1) is 15.4. The van der Waals surface area contributed by atoms with Gasteiger partial charge in [-0.25, -0.2) is 0 Å². The zero-order valence-electron chi connectivity index (χ0n) is 11.1. The van der Waals surface area contributed by atoms with Crippen molar-refractivity contribution < 1.29 is 14.2 Å². The van der Waals surface area contributed by atoms with Gasteiger partial charge in [0.25, 0.3) is 0 Å². The number of hydrogen-bond acceptors (Lipinski definition) is 5. The van der Waals surface area contributed by atoms with Crippen LogP contribution in [0.5, 0.6) is 0 Å². The summed E-state index contributed by atoms with van der Waals surface area (Å²) in [6.07, 6.45) is 1.17. The van der Waals surface area contributed by atoms with Crippen LogP contribution in [0, 0.1) is 0 Å². The summed E-state index contributed by atoms with van der Waals surface area (Å²) in [6, 6.07) is -0.202. The first-order valence-corrected chi connectivity index (χ1v) is 6.00. The molecule has 7 heteroatoms. The summed E-state index contributed by atoms with van der Waals surface area (Å²) in [4.78, 5) is 0. The topological polar surface area (TPSA) is 57.5 Å². The lowest BCUT2D eigenvalue weighted by Crippen LogP contribution is -2.34. The van der Waals surface area contributed by atoms with Crippen molar-refractivity contribution in [3.63, 3.8) is 0 Å². The minimum Gasteiger partial charge on any atom is -0.383 e. The Morgan fingerprint density at radius 1 is 1.39 bits per heavy atom. The number of halogens is 1. The summed E-state index contributed by atoms with van der Waals surface area (Å²) in [6.45, 7) is 1.18. The maximum Gasteiger partial charge on any atom is 0.177 e. The van der Waals surface area contributed by atoms with Gasteiger partial charge in [0.1, 0.15) is 6.04 Å². The summed E-state index contributed by atoms with van der Waals surface area (Å²) in [5, 5.41) is 7.93. The van der Waals surface area contributed by atoms with Gasteiger partial charge in [-0.15, -0.1) is 0 Å². The molecule has 1 unspecified atom stereocenters. The molecule has 0 radical (unpaired) electrons. The van der Waals surface area contributed by atoms with E-state index in [4.69, 9.17) is 25.8 Å². The highest BCUT2D eigenvalue weighted by atomic mass is 35.5. The van der Waals surface area contributed by atoms with Crippen molar-refractivity contribution in [1.29, 1.82) is 0 Å². The zero-order chi connectivity index (χ0) is 13.5. The number of likely N-dealkylation sites (N-methyl/N-ethyl adjacent to an activating group) is 1. The number of aromatic nitrogens is 2. The fourth-order valence-electron chi connectivity index (χ4n) is 1.81. The van der Waals surface area contributed by atoms with Gasteiger partial charge in [0.05, 0.1) is 30.1 Å². The monoisotopic (exact) mass is 277 g/mol. The van der Waals surface area contributed by atoms with Crippen molar-refractivity contribution >= 4 is 11.6 Å². The van der Waals surface area contributed by atoms with Crippen LogP contribution >= 0.6 is 11.6 Å². The van der Waals surface area contributed by atoms with Crippen molar-refractivity contribution in [3.05, 3.63) is 16.9 Å². The van der Waals surface area contributed by atoms with E-state index in [1.165, 1.54) is 0 Å². The molecule has 1 aromatic rings. The van der Waals surface area contributed by atoms with Crippen LogP contribution in [0.3, 0.4) is 0 Å². The van der Waals surface area contributed by atoms with Crippen molar-refractivity contribution in [3.8, 4) is 0 Å². The molecular formula is C11H20ClN3O3. The van der Waals surface area contributed by atoms with Gasteiger partial charge in [0.2, 0.25) is 0 Å². The fraction of sp³-hybridized carbons (Fsp3) is 0.727. The maximum absolute atomic E-state index is 6.18. The quantitative estimate of drug-likeness (QED) is 0.720. The molecule has 18 heavy (non-hydrogen) atoms. The molecule has 104 valence electrons. The van der Waals surface area contributed by atoms with Gasteiger partial charge in [-0.3, -0.25) is 4.68 Å². The van der Waals surface area contributed by atoms with E-state index in [1.807, 2.05) is 7.05 Å². The number of hydrogen-bond donors (Lipinski definition) is 1. The first-order valence-electron chi connectivity index (χ1n) is 5.62. The summed E-state index contributed by atoms with van der Waals surface area (Å²) >= 11 is 6.18. The van der Waals surface area contributed by atoms with Gasteiger partial charge < -0.3 is 19.5 Å². The first-order chi connectivity index (χ1) is 8.69. The Kier molecular flexibility index (Phi) is 6.59. The molecular weight excluding hydrogens is 258 g/mol. The molecule has 6 nitrogen and oxygen atoms in total. The van der Waals surface area contributed by atoms with Crippen LogP contribution in [0.15, 0.2) is 6.20 Å². The molecule has 0 fully saturated rings. The minimum atomic E-state index is -0.439. The molecule has 0 aliphatic carbocycles. The van der Waals surface area contributed by atoms with E-state index in [0.717, 1.165) is 5.69 Å². The maximum atomic E-state index is 6.18. The average molecular weight is 278 g/mol. The van der Waals surface area contributed by atoms with Crippen molar-refractivity contribution in [2.24, 2.45) is 0 Å². The van der Waals surface area contributed by atoms with Crippen LogP contribution in [-0.2, 0) is 20.8 Å². The van der Waals surface area contributed by atoms with Crippen LogP contribution in [0.2, 0.25) is 5.02 Å². The van der Waals surface area contributed by atoms with Crippen LogP contribution < -0.4 is 5.32 Å². The van der Waals surface area contributed by atoms with E-state index in [2.05, 4.69) is 10.4 Å². The molecule has 0 aromatic carbocycles. The molecule has 1 rings (SSSR count). The highest BCUT2D eigenvalue weighted by Gasteiger charge is 2.27. The highest BCUT2D eigenvalue weighted by molar-refractivity contribution is 6.31. The molecule has 0 saturated heterocycles. The Bertz CT molecular complexity index is 355. The van der Waals surface area contributed by atoms with Gasteiger partial charge in [-0.2, -0.15) is 5.10 Å². The number of rotatable bonds is 8. The smallest absolute Gasteiger partial charge is 0.177 e. The lowest BCUT2D eigenvalue weighted by molar-refractivity contribution is -0.124. The molecule has 0 aliphatic rings. The Labute approximate surface area is 112 Å². The molecule has 1 N–H and O–H groups in total. The van der Waals surface area contributed by atoms with Gasteiger partial charge in [0.15, 0.2) is 6.29 Å². The second-order valence-electron chi connectivity index (χ2n) is 3.70. The van der Waals surface area contributed by atoms with E-state index in [-0.39, 0.29) is 6.04 Å². The largest absolute Gasteiger partial charge is 0.383 e. The third-order valence-electron chi connectivity index (χ3n) is 2.68. The number of nitrogens with one attached hydrogen (secondary N) is 1. The Balaban J connectivity index is 2.99. The molecule has 1 heterocycles. The SMILES string of the molecule is CNC(c1c(Cl)cnn1CCOC)C(OC)OC. The number of nitrogens with zero attached hydrogens (tertiary/aromatic N) is 2. The average Bonchev–Trinajstić information content (AvgIpc) is 2.74. The Morgan fingerprint density at radius 3 is 2.56 bits per heavy atom. The lowest BCUT2D eigenvalue weighted by Gasteiger charge is -2.25. The predicted molar refractivity (Wildman–Crippen MR) is 68.7 cm³/mol. The predicted octanol–water partition coefficient (Wildman–Crippen LogP) is 1.06. The zero-order valence-corrected chi connectivity index (χ0v) is 11.9. The molecule has 1 atom stereocenters. The van der Waals surface area contributed by atoms with Gasteiger partial charge in [-0.05, 0) is 7.05 Å². The van der Waals surface area contributed by atoms with Crippen molar-refractivity contribution in [2.75, 3.05) is 35.0 Å².